The number of anilines is 1. The third-order valence-electron chi connectivity index (χ3n) is 3.04. The molecule has 1 amide bonds. The van der Waals surface area contributed by atoms with Crippen LogP contribution in [0.1, 0.15) is 12.0 Å². The lowest BCUT2D eigenvalue weighted by Gasteiger charge is -2.22. The number of hydrogen-bond donors (Lipinski definition) is 2. The van der Waals surface area contributed by atoms with Gasteiger partial charge in [0.05, 0.1) is 17.9 Å². The number of carbonyl (C=O) groups excluding carboxylic acids is 1. The first-order valence-corrected chi connectivity index (χ1v) is 6.15. The summed E-state index contributed by atoms with van der Waals surface area (Å²) in [5, 5.41) is 2.14. The molecule has 0 radical (unpaired) electrons. The van der Waals surface area contributed by atoms with E-state index in [0.717, 1.165) is 12.1 Å². The summed E-state index contributed by atoms with van der Waals surface area (Å²) in [7, 11) is 0. The van der Waals surface area contributed by atoms with Gasteiger partial charge >= 0.3 is 6.18 Å². The third-order valence-corrected chi connectivity index (χ3v) is 3.27. The molecule has 20 heavy (non-hydrogen) atoms. The van der Waals surface area contributed by atoms with E-state index in [1.165, 1.54) is 6.07 Å². The van der Waals surface area contributed by atoms with Gasteiger partial charge in [0.25, 0.3) is 0 Å². The van der Waals surface area contributed by atoms with Gasteiger partial charge in [-0.05, 0) is 24.6 Å². The molecule has 3 N–H and O–H groups in total. The molecule has 1 aromatic rings. The van der Waals surface area contributed by atoms with Gasteiger partial charge in [0.2, 0.25) is 5.91 Å². The van der Waals surface area contributed by atoms with E-state index in [9.17, 15) is 18.0 Å². The molecule has 0 saturated carbocycles. The number of rotatable bonds is 2. The summed E-state index contributed by atoms with van der Waals surface area (Å²) in [6.07, 6.45) is -4.37. The average molecular weight is 309 g/mol. The molecule has 0 bridgehead atoms. The molecule has 1 aromatic carbocycles. The van der Waals surface area contributed by atoms with Crippen molar-refractivity contribution in [3.63, 3.8) is 0 Å². The second-order valence-corrected chi connectivity index (χ2v) is 5.04. The standard InChI is InChI=1S/C12H12ClF3N2O2/c13-7-1-2-9(8(5-7)12(14,15)16)18-10(19)11(17)3-4-20-6-11/h1-2,5H,3-4,6,17H2,(H,18,19). The molecule has 110 valence electrons. The smallest absolute Gasteiger partial charge is 0.379 e. The van der Waals surface area contributed by atoms with E-state index in [-0.39, 0.29) is 23.7 Å². The Labute approximate surface area is 118 Å². The highest BCUT2D eigenvalue weighted by atomic mass is 35.5. The van der Waals surface area contributed by atoms with Crippen LogP contribution in [0.4, 0.5) is 18.9 Å². The van der Waals surface area contributed by atoms with Gasteiger partial charge in [0, 0.05) is 11.6 Å². The normalized spacial score (nSPS) is 22.9. The fourth-order valence-electron chi connectivity index (χ4n) is 1.87. The lowest BCUT2D eigenvalue weighted by atomic mass is 9.99. The van der Waals surface area contributed by atoms with Gasteiger partial charge in [-0.1, -0.05) is 11.6 Å². The molecular weight excluding hydrogens is 297 g/mol. The number of hydrogen-bond acceptors (Lipinski definition) is 3. The summed E-state index contributed by atoms with van der Waals surface area (Å²) in [6, 6.07) is 3.12. The van der Waals surface area contributed by atoms with E-state index in [1.54, 1.807) is 0 Å². The number of nitrogens with two attached hydrogens (primary N) is 1. The van der Waals surface area contributed by atoms with Crippen LogP contribution in [0.5, 0.6) is 0 Å². The van der Waals surface area contributed by atoms with Gasteiger partial charge in [-0.3, -0.25) is 4.79 Å². The van der Waals surface area contributed by atoms with Crippen molar-refractivity contribution < 1.29 is 22.7 Å². The zero-order valence-corrected chi connectivity index (χ0v) is 11.0. The Hall–Kier alpha value is -1.31. The summed E-state index contributed by atoms with van der Waals surface area (Å²) >= 11 is 5.56. The molecule has 1 atom stereocenters. The molecule has 2 rings (SSSR count). The molecule has 0 aromatic heterocycles. The predicted octanol–water partition coefficient (Wildman–Crippen LogP) is 2.42. The number of benzene rings is 1. The molecule has 1 unspecified atom stereocenters. The van der Waals surface area contributed by atoms with E-state index in [1.807, 2.05) is 0 Å². The van der Waals surface area contributed by atoms with E-state index in [0.29, 0.717) is 6.61 Å². The highest BCUT2D eigenvalue weighted by molar-refractivity contribution is 6.30. The van der Waals surface area contributed by atoms with Gasteiger partial charge < -0.3 is 15.8 Å². The first kappa shape index (κ1) is 15.1. The SMILES string of the molecule is NC1(C(=O)Nc2ccc(Cl)cc2C(F)(F)F)CCOC1. The maximum Gasteiger partial charge on any atom is 0.418 e. The predicted molar refractivity (Wildman–Crippen MR) is 67.4 cm³/mol. The van der Waals surface area contributed by atoms with Crippen LogP contribution in [0, 0.1) is 0 Å². The van der Waals surface area contributed by atoms with E-state index in [2.05, 4.69) is 5.32 Å². The molecule has 1 aliphatic heterocycles. The molecule has 0 aliphatic carbocycles. The second-order valence-electron chi connectivity index (χ2n) is 4.60. The van der Waals surface area contributed by atoms with E-state index < -0.39 is 23.2 Å². The van der Waals surface area contributed by atoms with Crippen molar-refractivity contribution in [1.29, 1.82) is 0 Å². The Morgan fingerprint density at radius 3 is 2.70 bits per heavy atom. The fourth-order valence-corrected chi connectivity index (χ4v) is 2.04. The maximum atomic E-state index is 12.9. The van der Waals surface area contributed by atoms with E-state index in [4.69, 9.17) is 22.1 Å². The first-order chi connectivity index (χ1) is 9.22. The quantitative estimate of drug-likeness (QED) is 0.882. The van der Waals surface area contributed by atoms with Crippen molar-refractivity contribution in [2.24, 2.45) is 5.73 Å². The van der Waals surface area contributed by atoms with Crippen LogP contribution < -0.4 is 11.1 Å². The van der Waals surface area contributed by atoms with Crippen LogP contribution >= 0.6 is 11.6 Å². The second kappa shape index (κ2) is 5.23. The highest BCUT2D eigenvalue weighted by Crippen LogP contribution is 2.36. The minimum absolute atomic E-state index is 0.0201. The number of carbonyl (C=O) groups is 1. The van der Waals surface area contributed by atoms with Crippen molar-refractivity contribution >= 4 is 23.2 Å². The number of ether oxygens (including phenoxy) is 1. The van der Waals surface area contributed by atoms with Crippen molar-refractivity contribution in [1.82, 2.24) is 0 Å². The molecule has 1 aliphatic rings. The molecule has 0 spiro atoms. The molecule has 1 heterocycles. The van der Waals surface area contributed by atoms with Crippen molar-refractivity contribution in [3.8, 4) is 0 Å². The fraction of sp³-hybridized carbons (Fsp3) is 0.417. The third kappa shape index (κ3) is 3.05. The maximum absolute atomic E-state index is 12.9. The highest BCUT2D eigenvalue weighted by Gasteiger charge is 2.40. The number of amides is 1. The van der Waals surface area contributed by atoms with Gasteiger partial charge in [-0.15, -0.1) is 0 Å². The summed E-state index contributed by atoms with van der Waals surface area (Å²) in [6.45, 7) is 0.282. The number of halogens is 4. The van der Waals surface area contributed by atoms with E-state index >= 15 is 0 Å². The number of nitrogens with one attached hydrogen (secondary N) is 1. The van der Waals surface area contributed by atoms with Gasteiger partial charge in [-0.25, -0.2) is 0 Å². The monoisotopic (exact) mass is 308 g/mol. The van der Waals surface area contributed by atoms with Crippen LogP contribution in [0.15, 0.2) is 18.2 Å². The van der Waals surface area contributed by atoms with Crippen LogP contribution in [-0.4, -0.2) is 24.7 Å². The zero-order valence-electron chi connectivity index (χ0n) is 10.3. The van der Waals surface area contributed by atoms with Crippen molar-refractivity contribution in [2.75, 3.05) is 18.5 Å². The summed E-state index contributed by atoms with van der Waals surface area (Å²) in [5.41, 5.74) is 3.11. The molecule has 1 saturated heterocycles. The molecule has 8 heteroatoms. The Morgan fingerprint density at radius 2 is 2.15 bits per heavy atom. The zero-order chi connectivity index (χ0) is 15.0. The molecule has 4 nitrogen and oxygen atoms in total. The Kier molecular flexibility index (Phi) is 3.95. The average Bonchev–Trinajstić information content (AvgIpc) is 2.78. The van der Waals surface area contributed by atoms with Gasteiger partial charge in [-0.2, -0.15) is 13.2 Å². The topological polar surface area (TPSA) is 64.4 Å². The Bertz CT molecular complexity index is 528. The lowest BCUT2D eigenvalue weighted by molar-refractivity contribution is -0.137. The molecular formula is C12H12ClF3N2O2. The minimum Gasteiger partial charge on any atom is -0.379 e. The molecule has 1 fully saturated rings. The Morgan fingerprint density at radius 1 is 1.45 bits per heavy atom. The van der Waals surface area contributed by atoms with Gasteiger partial charge in [0.15, 0.2) is 0 Å². The summed E-state index contributed by atoms with van der Waals surface area (Å²) < 4.78 is 43.7. The van der Waals surface area contributed by atoms with Crippen LogP contribution in [-0.2, 0) is 15.7 Å². The van der Waals surface area contributed by atoms with Crippen LogP contribution in [0.3, 0.4) is 0 Å². The summed E-state index contributed by atoms with van der Waals surface area (Å²) in [4.78, 5) is 12.0. The lowest BCUT2D eigenvalue weighted by Crippen LogP contribution is -2.51. The van der Waals surface area contributed by atoms with Crippen LogP contribution in [0.25, 0.3) is 0 Å². The largest absolute Gasteiger partial charge is 0.418 e. The number of alkyl halides is 3. The van der Waals surface area contributed by atoms with Crippen LogP contribution in [0.2, 0.25) is 5.02 Å². The van der Waals surface area contributed by atoms with Crippen molar-refractivity contribution in [2.45, 2.75) is 18.1 Å². The first-order valence-electron chi connectivity index (χ1n) is 5.77. The van der Waals surface area contributed by atoms with Gasteiger partial charge in [0.1, 0.15) is 5.54 Å². The summed E-state index contributed by atoms with van der Waals surface area (Å²) in [5.74, 6) is -0.706. The van der Waals surface area contributed by atoms with Crippen molar-refractivity contribution in [3.05, 3.63) is 28.8 Å². The Balaban J connectivity index is 2.27. The minimum atomic E-state index is -4.62.